The fraction of sp³-hybridized carbons (Fsp3) is 0.182. The summed E-state index contributed by atoms with van der Waals surface area (Å²) in [6.07, 6.45) is -1.53. The predicted molar refractivity (Wildman–Crippen MR) is 68.3 cm³/mol. The summed E-state index contributed by atoms with van der Waals surface area (Å²) in [5.74, 6) is 0. The van der Waals surface area contributed by atoms with Crippen molar-refractivity contribution in [2.45, 2.75) is 12.7 Å². The molecule has 0 saturated heterocycles. The number of nitrogens with one attached hydrogen (secondary N) is 1. The number of amides is 1. The van der Waals surface area contributed by atoms with Crippen molar-refractivity contribution in [3.8, 4) is 10.6 Å². The molecule has 9 heteroatoms. The normalized spacial score (nSPS) is 11.4. The van der Waals surface area contributed by atoms with Crippen molar-refractivity contribution in [2.24, 2.45) is 0 Å². The molecule has 2 aromatic heterocycles. The topological polar surface area (TPSA) is 54.9 Å². The van der Waals surface area contributed by atoms with Gasteiger partial charge in [0.2, 0.25) is 6.41 Å². The summed E-state index contributed by atoms with van der Waals surface area (Å²) in [6, 6.07) is 1.52. The largest absolute Gasteiger partial charge is 0.443 e. The molecule has 0 aromatic carbocycles. The van der Waals surface area contributed by atoms with Crippen LogP contribution in [0.5, 0.6) is 0 Å². The molecule has 2 heterocycles. The van der Waals surface area contributed by atoms with Crippen LogP contribution < -0.4 is 5.32 Å². The van der Waals surface area contributed by atoms with Gasteiger partial charge in [-0.1, -0.05) is 11.6 Å². The first-order valence-electron chi connectivity index (χ1n) is 5.26. The zero-order valence-electron chi connectivity index (χ0n) is 9.74. The Morgan fingerprint density at radius 2 is 2.10 bits per heavy atom. The summed E-state index contributed by atoms with van der Waals surface area (Å²) >= 11 is 6.39. The van der Waals surface area contributed by atoms with E-state index < -0.39 is 11.2 Å². The highest BCUT2D eigenvalue weighted by molar-refractivity contribution is 7.15. The number of aromatic nitrogens is 2. The Kier molecular flexibility index (Phi) is 4.24. The van der Waals surface area contributed by atoms with Gasteiger partial charge in [0.05, 0.1) is 15.6 Å². The Bertz CT molecular complexity index is 630. The van der Waals surface area contributed by atoms with Crippen LogP contribution in [0.25, 0.3) is 10.6 Å². The van der Waals surface area contributed by atoms with Gasteiger partial charge in [-0.15, -0.1) is 11.3 Å². The van der Waals surface area contributed by atoms with Gasteiger partial charge in [0.25, 0.3) is 0 Å². The number of alkyl halides is 3. The number of pyridine rings is 1. The van der Waals surface area contributed by atoms with E-state index in [4.69, 9.17) is 11.6 Å². The molecule has 106 valence electrons. The lowest BCUT2D eigenvalue weighted by atomic mass is 10.2. The number of carbonyl (C=O) groups is 1. The molecule has 0 atom stereocenters. The van der Waals surface area contributed by atoms with Crippen LogP contribution in [-0.2, 0) is 17.5 Å². The maximum absolute atomic E-state index is 12.5. The molecule has 0 unspecified atom stereocenters. The third-order valence-electron chi connectivity index (χ3n) is 2.31. The van der Waals surface area contributed by atoms with E-state index in [9.17, 15) is 18.0 Å². The van der Waals surface area contributed by atoms with E-state index in [2.05, 4.69) is 15.3 Å². The van der Waals surface area contributed by atoms with Gasteiger partial charge in [0.15, 0.2) is 5.01 Å². The Labute approximate surface area is 120 Å². The van der Waals surface area contributed by atoms with Gasteiger partial charge in [-0.3, -0.25) is 9.78 Å². The number of halogens is 4. The number of carbonyl (C=O) groups excluding carboxylic acids is 1. The number of nitrogens with zero attached hydrogens (tertiary/aromatic N) is 2. The van der Waals surface area contributed by atoms with E-state index in [-0.39, 0.29) is 11.4 Å². The highest BCUT2D eigenvalue weighted by Crippen LogP contribution is 2.36. The summed E-state index contributed by atoms with van der Waals surface area (Å²) in [5.41, 5.74) is 0.885. The second kappa shape index (κ2) is 5.76. The van der Waals surface area contributed by atoms with Crippen molar-refractivity contribution < 1.29 is 18.0 Å². The van der Waals surface area contributed by atoms with E-state index in [0.29, 0.717) is 34.0 Å². The van der Waals surface area contributed by atoms with Crippen molar-refractivity contribution in [2.75, 3.05) is 0 Å². The summed E-state index contributed by atoms with van der Waals surface area (Å²) < 4.78 is 37.5. The van der Waals surface area contributed by atoms with Gasteiger partial charge < -0.3 is 5.32 Å². The van der Waals surface area contributed by atoms with Crippen molar-refractivity contribution in [1.29, 1.82) is 0 Å². The van der Waals surface area contributed by atoms with Gasteiger partial charge in [0.1, 0.15) is 0 Å². The minimum atomic E-state index is -4.47. The number of thiazole rings is 1. The number of hydrogen-bond acceptors (Lipinski definition) is 4. The SMILES string of the molecule is O=CNCc1cc(-c2cnc(C(F)(F)F)s2)ncc1Cl. The van der Waals surface area contributed by atoms with Gasteiger partial charge in [-0.25, -0.2) is 4.98 Å². The second-order valence-electron chi connectivity index (χ2n) is 3.69. The van der Waals surface area contributed by atoms with E-state index in [1.807, 2.05) is 0 Å². The quantitative estimate of drug-likeness (QED) is 0.880. The highest BCUT2D eigenvalue weighted by atomic mass is 35.5. The number of rotatable bonds is 4. The second-order valence-corrected chi connectivity index (χ2v) is 5.12. The molecule has 0 bridgehead atoms. The summed E-state index contributed by atoms with van der Waals surface area (Å²) in [6.45, 7) is 0.169. The lowest BCUT2D eigenvalue weighted by molar-refractivity contribution is -0.137. The van der Waals surface area contributed by atoms with E-state index >= 15 is 0 Å². The average Bonchev–Trinajstić information content (AvgIpc) is 2.87. The third kappa shape index (κ3) is 3.26. The average molecular weight is 322 g/mol. The highest BCUT2D eigenvalue weighted by Gasteiger charge is 2.34. The van der Waals surface area contributed by atoms with Crippen molar-refractivity contribution in [3.05, 3.63) is 34.1 Å². The molecule has 2 aromatic rings. The van der Waals surface area contributed by atoms with Gasteiger partial charge in [-0.05, 0) is 11.6 Å². The molecule has 20 heavy (non-hydrogen) atoms. The maximum atomic E-state index is 12.5. The molecule has 0 radical (unpaired) electrons. The molecule has 0 aliphatic heterocycles. The van der Waals surface area contributed by atoms with E-state index in [0.717, 1.165) is 6.20 Å². The minimum absolute atomic E-state index is 0.169. The van der Waals surface area contributed by atoms with Crippen molar-refractivity contribution in [1.82, 2.24) is 15.3 Å². The monoisotopic (exact) mass is 321 g/mol. The lowest BCUT2D eigenvalue weighted by Gasteiger charge is -2.05. The summed E-state index contributed by atoms with van der Waals surface area (Å²) in [4.78, 5) is 17.8. The molecular weight excluding hydrogens is 315 g/mol. The van der Waals surface area contributed by atoms with Crippen molar-refractivity contribution in [3.63, 3.8) is 0 Å². The standard InChI is InChI=1S/C11H7ClF3N3OS/c12-7-3-17-8(1-6(7)2-16-5-19)9-4-18-10(20-9)11(13,14)15/h1,3-5H,2H2,(H,16,19). The Morgan fingerprint density at radius 1 is 1.35 bits per heavy atom. The van der Waals surface area contributed by atoms with E-state index in [1.165, 1.54) is 12.3 Å². The van der Waals surface area contributed by atoms with E-state index in [1.54, 1.807) is 0 Å². The zero-order valence-corrected chi connectivity index (χ0v) is 11.3. The molecule has 4 nitrogen and oxygen atoms in total. The molecule has 0 saturated carbocycles. The summed E-state index contributed by atoms with van der Waals surface area (Å²) in [5, 5.41) is 1.82. The molecule has 0 aliphatic rings. The maximum Gasteiger partial charge on any atom is 0.443 e. The molecular formula is C11H7ClF3N3OS. The van der Waals surface area contributed by atoms with Gasteiger partial charge in [-0.2, -0.15) is 13.2 Å². The first-order chi connectivity index (χ1) is 9.41. The first kappa shape index (κ1) is 14.7. The molecule has 0 spiro atoms. The number of hydrogen-bond donors (Lipinski definition) is 1. The van der Waals surface area contributed by atoms with Gasteiger partial charge in [0, 0.05) is 18.9 Å². The van der Waals surface area contributed by atoms with Crippen LogP contribution in [0.2, 0.25) is 5.02 Å². The molecule has 1 N–H and O–H groups in total. The zero-order chi connectivity index (χ0) is 14.8. The first-order valence-corrected chi connectivity index (χ1v) is 6.46. The van der Waals surface area contributed by atoms with Crippen LogP contribution in [0.4, 0.5) is 13.2 Å². The minimum Gasteiger partial charge on any atom is -0.355 e. The Hall–Kier alpha value is -1.67. The van der Waals surface area contributed by atoms with Crippen LogP contribution in [0.3, 0.4) is 0 Å². The fourth-order valence-corrected chi connectivity index (χ4v) is 2.35. The van der Waals surface area contributed by atoms with Crippen molar-refractivity contribution >= 4 is 29.3 Å². The van der Waals surface area contributed by atoms with Crippen LogP contribution in [0, 0.1) is 0 Å². The smallest absolute Gasteiger partial charge is 0.355 e. The summed E-state index contributed by atoms with van der Waals surface area (Å²) in [7, 11) is 0. The van der Waals surface area contributed by atoms with Crippen LogP contribution >= 0.6 is 22.9 Å². The molecule has 2 rings (SSSR count). The Balaban J connectivity index is 2.33. The molecule has 0 aliphatic carbocycles. The van der Waals surface area contributed by atoms with Crippen LogP contribution in [0.15, 0.2) is 18.5 Å². The molecule has 0 fully saturated rings. The predicted octanol–water partition coefficient (Wildman–Crippen LogP) is 3.12. The Morgan fingerprint density at radius 3 is 2.70 bits per heavy atom. The van der Waals surface area contributed by atoms with Crippen LogP contribution in [0.1, 0.15) is 10.6 Å². The molecule has 1 amide bonds. The fourth-order valence-electron chi connectivity index (χ4n) is 1.43. The lowest BCUT2D eigenvalue weighted by Crippen LogP contribution is -2.10. The third-order valence-corrected chi connectivity index (χ3v) is 3.72. The van der Waals surface area contributed by atoms with Crippen LogP contribution in [-0.4, -0.2) is 16.4 Å². The van der Waals surface area contributed by atoms with Gasteiger partial charge >= 0.3 is 6.18 Å².